The van der Waals surface area contributed by atoms with Gasteiger partial charge in [0.15, 0.2) is 0 Å². The highest BCUT2D eigenvalue weighted by atomic mass is 15.1. The van der Waals surface area contributed by atoms with Crippen LogP contribution in [0.2, 0.25) is 0 Å². The summed E-state index contributed by atoms with van der Waals surface area (Å²) < 4.78 is 0. The summed E-state index contributed by atoms with van der Waals surface area (Å²) in [6.45, 7) is 2.85. The standard InChI is InChI=1S/C10H12N4/c1-8-2-3-11-4-9(8)5-12-10-6-13-14-7-10/h2-4,6-7,12H,5H2,1H3,(H,13,14). The second-order valence-electron chi connectivity index (χ2n) is 3.14. The number of anilines is 1. The summed E-state index contributed by atoms with van der Waals surface area (Å²) in [7, 11) is 0. The van der Waals surface area contributed by atoms with Crippen LogP contribution in [0.15, 0.2) is 30.9 Å². The van der Waals surface area contributed by atoms with Crippen LogP contribution in [-0.4, -0.2) is 15.2 Å². The lowest BCUT2D eigenvalue weighted by Gasteiger charge is -2.05. The van der Waals surface area contributed by atoms with Crippen molar-refractivity contribution in [1.29, 1.82) is 0 Å². The topological polar surface area (TPSA) is 53.6 Å². The fraction of sp³-hybridized carbons (Fsp3) is 0.200. The number of nitrogens with one attached hydrogen (secondary N) is 2. The number of aromatic amines is 1. The Morgan fingerprint density at radius 2 is 2.36 bits per heavy atom. The van der Waals surface area contributed by atoms with Gasteiger partial charge in [0.2, 0.25) is 0 Å². The van der Waals surface area contributed by atoms with E-state index in [1.807, 2.05) is 18.5 Å². The maximum absolute atomic E-state index is 4.08. The van der Waals surface area contributed by atoms with Crippen molar-refractivity contribution in [3.05, 3.63) is 42.0 Å². The van der Waals surface area contributed by atoms with E-state index >= 15 is 0 Å². The Balaban J connectivity index is 2.02. The highest BCUT2D eigenvalue weighted by molar-refractivity contribution is 5.39. The van der Waals surface area contributed by atoms with Crippen LogP contribution in [0.25, 0.3) is 0 Å². The molecule has 0 aromatic carbocycles. The smallest absolute Gasteiger partial charge is 0.0726 e. The summed E-state index contributed by atoms with van der Waals surface area (Å²) in [5.74, 6) is 0. The minimum Gasteiger partial charge on any atom is -0.378 e. The van der Waals surface area contributed by atoms with E-state index in [0.29, 0.717) is 0 Å². The molecule has 0 fully saturated rings. The maximum atomic E-state index is 4.08. The van der Waals surface area contributed by atoms with E-state index in [1.54, 1.807) is 12.4 Å². The van der Waals surface area contributed by atoms with Crippen molar-refractivity contribution < 1.29 is 0 Å². The predicted molar refractivity (Wildman–Crippen MR) is 54.9 cm³/mol. The molecule has 0 aliphatic heterocycles. The van der Waals surface area contributed by atoms with Gasteiger partial charge in [-0.2, -0.15) is 5.10 Å². The Hall–Kier alpha value is -1.84. The van der Waals surface area contributed by atoms with Crippen LogP contribution in [0.4, 0.5) is 5.69 Å². The van der Waals surface area contributed by atoms with Crippen molar-refractivity contribution in [2.75, 3.05) is 5.32 Å². The fourth-order valence-corrected chi connectivity index (χ4v) is 1.23. The largest absolute Gasteiger partial charge is 0.378 e. The zero-order valence-corrected chi connectivity index (χ0v) is 7.99. The third-order valence-electron chi connectivity index (χ3n) is 2.13. The van der Waals surface area contributed by atoms with Crippen molar-refractivity contribution in [2.45, 2.75) is 13.5 Å². The predicted octanol–water partition coefficient (Wildman–Crippen LogP) is 1.73. The number of H-pyrrole nitrogens is 1. The van der Waals surface area contributed by atoms with Crippen LogP contribution in [0.3, 0.4) is 0 Å². The monoisotopic (exact) mass is 188 g/mol. The van der Waals surface area contributed by atoms with Crippen LogP contribution in [0.1, 0.15) is 11.1 Å². The molecule has 14 heavy (non-hydrogen) atoms. The SMILES string of the molecule is Cc1ccncc1CNc1cn[nH]c1. The molecular weight excluding hydrogens is 176 g/mol. The van der Waals surface area contributed by atoms with Gasteiger partial charge in [-0.15, -0.1) is 0 Å². The zero-order chi connectivity index (χ0) is 9.80. The molecule has 2 N–H and O–H groups in total. The number of nitrogens with zero attached hydrogens (tertiary/aromatic N) is 2. The molecule has 0 spiro atoms. The molecule has 0 saturated heterocycles. The van der Waals surface area contributed by atoms with Crippen molar-refractivity contribution >= 4 is 5.69 Å². The fourth-order valence-electron chi connectivity index (χ4n) is 1.23. The first kappa shape index (κ1) is 8.74. The molecule has 4 nitrogen and oxygen atoms in total. The summed E-state index contributed by atoms with van der Waals surface area (Å²) in [6, 6.07) is 2.01. The minimum absolute atomic E-state index is 0.777. The van der Waals surface area contributed by atoms with E-state index < -0.39 is 0 Å². The van der Waals surface area contributed by atoms with Gasteiger partial charge in [-0.25, -0.2) is 0 Å². The summed E-state index contributed by atoms with van der Waals surface area (Å²) in [4.78, 5) is 4.08. The molecule has 4 heteroatoms. The van der Waals surface area contributed by atoms with E-state index in [2.05, 4.69) is 27.4 Å². The molecule has 0 atom stereocenters. The van der Waals surface area contributed by atoms with Crippen LogP contribution in [-0.2, 0) is 6.54 Å². The highest BCUT2D eigenvalue weighted by Gasteiger charge is 1.97. The number of pyridine rings is 1. The Labute approximate surface area is 82.4 Å². The van der Waals surface area contributed by atoms with Gasteiger partial charge >= 0.3 is 0 Å². The first-order chi connectivity index (χ1) is 6.86. The Bertz CT molecular complexity index is 394. The normalized spacial score (nSPS) is 10.1. The lowest BCUT2D eigenvalue weighted by Crippen LogP contribution is -2.00. The molecule has 0 unspecified atom stereocenters. The number of hydrogen-bond donors (Lipinski definition) is 2. The number of hydrogen-bond acceptors (Lipinski definition) is 3. The Kier molecular flexibility index (Phi) is 2.44. The van der Waals surface area contributed by atoms with Crippen LogP contribution in [0.5, 0.6) is 0 Å². The lowest BCUT2D eigenvalue weighted by atomic mass is 10.1. The second-order valence-corrected chi connectivity index (χ2v) is 3.14. The lowest BCUT2D eigenvalue weighted by molar-refractivity contribution is 1.08. The molecule has 0 bridgehead atoms. The van der Waals surface area contributed by atoms with Gasteiger partial charge < -0.3 is 5.32 Å². The van der Waals surface area contributed by atoms with Gasteiger partial charge in [0.1, 0.15) is 0 Å². The summed E-state index contributed by atoms with van der Waals surface area (Å²) in [5.41, 5.74) is 3.44. The van der Waals surface area contributed by atoms with Crippen molar-refractivity contribution in [3.63, 3.8) is 0 Å². The molecule has 0 saturated carbocycles. The average molecular weight is 188 g/mol. The first-order valence-corrected chi connectivity index (χ1v) is 4.48. The molecule has 72 valence electrons. The molecule has 0 aliphatic rings. The summed E-state index contributed by atoms with van der Waals surface area (Å²) >= 11 is 0. The quantitative estimate of drug-likeness (QED) is 0.771. The van der Waals surface area contributed by atoms with Gasteiger partial charge in [-0.05, 0) is 24.1 Å². The maximum Gasteiger partial charge on any atom is 0.0726 e. The highest BCUT2D eigenvalue weighted by Crippen LogP contribution is 2.08. The van der Waals surface area contributed by atoms with E-state index in [9.17, 15) is 0 Å². The Morgan fingerprint density at radius 1 is 1.43 bits per heavy atom. The third-order valence-corrected chi connectivity index (χ3v) is 2.13. The summed E-state index contributed by atoms with van der Waals surface area (Å²) in [6.07, 6.45) is 7.26. The van der Waals surface area contributed by atoms with E-state index in [0.717, 1.165) is 12.2 Å². The van der Waals surface area contributed by atoms with Crippen LogP contribution >= 0.6 is 0 Å². The minimum atomic E-state index is 0.777. The molecule has 2 heterocycles. The van der Waals surface area contributed by atoms with Crippen molar-refractivity contribution in [2.24, 2.45) is 0 Å². The zero-order valence-electron chi connectivity index (χ0n) is 7.99. The van der Waals surface area contributed by atoms with E-state index in [-0.39, 0.29) is 0 Å². The average Bonchev–Trinajstić information content (AvgIpc) is 2.69. The van der Waals surface area contributed by atoms with Crippen LogP contribution < -0.4 is 5.32 Å². The van der Waals surface area contributed by atoms with Gasteiger partial charge in [0.25, 0.3) is 0 Å². The van der Waals surface area contributed by atoms with Crippen molar-refractivity contribution in [1.82, 2.24) is 15.2 Å². The summed E-state index contributed by atoms with van der Waals surface area (Å²) in [5, 5.41) is 9.85. The molecule has 2 rings (SSSR count). The third kappa shape index (κ3) is 1.90. The molecule has 2 aromatic rings. The Morgan fingerprint density at radius 3 is 3.07 bits per heavy atom. The van der Waals surface area contributed by atoms with E-state index in [1.165, 1.54) is 11.1 Å². The van der Waals surface area contributed by atoms with Crippen LogP contribution in [0, 0.1) is 6.92 Å². The van der Waals surface area contributed by atoms with Gasteiger partial charge in [-0.3, -0.25) is 10.1 Å². The van der Waals surface area contributed by atoms with Gasteiger partial charge in [0.05, 0.1) is 11.9 Å². The first-order valence-electron chi connectivity index (χ1n) is 4.48. The number of aryl methyl sites for hydroxylation is 1. The number of aromatic nitrogens is 3. The number of rotatable bonds is 3. The second kappa shape index (κ2) is 3.91. The van der Waals surface area contributed by atoms with Crippen molar-refractivity contribution in [3.8, 4) is 0 Å². The molecule has 0 radical (unpaired) electrons. The van der Waals surface area contributed by atoms with Gasteiger partial charge in [0, 0.05) is 25.1 Å². The molecular formula is C10H12N4. The molecule has 0 amide bonds. The molecule has 0 aliphatic carbocycles. The van der Waals surface area contributed by atoms with Gasteiger partial charge in [-0.1, -0.05) is 0 Å². The molecule has 2 aromatic heterocycles. The van der Waals surface area contributed by atoms with E-state index in [4.69, 9.17) is 0 Å².